The van der Waals surface area contributed by atoms with Crippen LogP contribution in [0.2, 0.25) is 0 Å². The summed E-state index contributed by atoms with van der Waals surface area (Å²) in [6, 6.07) is 0. The van der Waals surface area contributed by atoms with Crippen LogP contribution >= 0.6 is 0 Å². The number of hydrogen-bond donors (Lipinski definition) is 0. The number of ether oxygens (including phenoxy) is 3. The molecule has 1 unspecified atom stereocenters. The normalized spacial score (nSPS) is 12.2. The largest absolute Gasteiger partial charge is 0.462 e. The zero-order valence-electron chi connectivity index (χ0n) is 49.2. The van der Waals surface area contributed by atoms with Crippen molar-refractivity contribution in [1.29, 1.82) is 0 Å². The lowest BCUT2D eigenvalue weighted by atomic mass is 10.0. The summed E-state index contributed by atoms with van der Waals surface area (Å²) >= 11 is 0. The van der Waals surface area contributed by atoms with Gasteiger partial charge in [-0.25, -0.2) is 0 Å². The van der Waals surface area contributed by atoms with E-state index >= 15 is 0 Å². The van der Waals surface area contributed by atoms with Gasteiger partial charge < -0.3 is 14.2 Å². The van der Waals surface area contributed by atoms with E-state index in [4.69, 9.17) is 14.2 Å². The van der Waals surface area contributed by atoms with E-state index in [-0.39, 0.29) is 31.1 Å². The summed E-state index contributed by atoms with van der Waals surface area (Å²) in [4.78, 5) is 38.1. The highest BCUT2D eigenvalue weighted by atomic mass is 16.6. The fourth-order valence-corrected chi connectivity index (χ4v) is 9.75. The third-order valence-corrected chi connectivity index (χ3v) is 14.6. The fraction of sp³-hybridized carbons (Fsp3) is 0.866. The van der Waals surface area contributed by atoms with Crippen molar-refractivity contribution in [3.63, 3.8) is 0 Å². The molecule has 0 bridgehead atoms. The summed E-state index contributed by atoms with van der Waals surface area (Å²) in [5, 5.41) is 0. The van der Waals surface area contributed by atoms with E-state index in [1.165, 1.54) is 244 Å². The number of allylic oxidation sites excluding steroid dienone is 6. The summed E-state index contributed by atoms with van der Waals surface area (Å²) in [6.07, 6.45) is 76.1. The highest BCUT2D eigenvalue weighted by molar-refractivity contribution is 5.71. The molecule has 0 aromatic carbocycles. The lowest BCUT2D eigenvalue weighted by Gasteiger charge is -2.18. The molecule has 0 aliphatic carbocycles. The van der Waals surface area contributed by atoms with E-state index in [1.807, 2.05) is 0 Å². The summed E-state index contributed by atoms with van der Waals surface area (Å²) in [6.45, 7) is 6.64. The SMILES string of the molecule is CCCCCCC/C=C\C/C=C\C/C=C\CCCCCCCCCCCCC(=O)OCC(COC(=O)CCCCCCCCC)OC(=O)CCCCCCCCCCCCCCCCCCCCCCCCC. The second kappa shape index (κ2) is 62.2. The van der Waals surface area contributed by atoms with E-state index in [0.29, 0.717) is 19.3 Å². The number of rotatable bonds is 60. The summed E-state index contributed by atoms with van der Waals surface area (Å²) in [5.74, 6) is -0.857. The van der Waals surface area contributed by atoms with E-state index in [9.17, 15) is 14.4 Å². The predicted octanol–water partition coefficient (Wildman–Crippen LogP) is 22.0. The molecule has 0 fully saturated rings. The van der Waals surface area contributed by atoms with Crippen molar-refractivity contribution in [3.8, 4) is 0 Å². The zero-order chi connectivity index (χ0) is 52.9. The van der Waals surface area contributed by atoms with Crippen molar-refractivity contribution in [2.75, 3.05) is 13.2 Å². The Morgan fingerprint density at radius 1 is 0.274 bits per heavy atom. The van der Waals surface area contributed by atoms with Crippen molar-refractivity contribution in [2.45, 2.75) is 361 Å². The molecule has 0 aliphatic heterocycles. The van der Waals surface area contributed by atoms with Gasteiger partial charge in [0.2, 0.25) is 0 Å². The number of carbonyl (C=O) groups is 3. The third kappa shape index (κ3) is 60.4. The van der Waals surface area contributed by atoms with E-state index in [0.717, 1.165) is 70.6 Å². The van der Waals surface area contributed by atoms with E-state index < -0.39 is 6.10 Å². The highest BCUT2D eigenvalue weighted by Gasteiger charge is 2.19. The molecule has 0 saturated carbocycles. The van der Waals surface area contributed by atoms with E-state index in [2.05, 4.69) is 57.2 Å². The van der Waals surface area contributed by atoms with Gasteiger partial charge in [0.1, 0.15) is 13.2 Å². The standard InChI is InChI=1S/C67H124O6/c1-4-7-10-13-16-18-20-22-24-26-28-30-32-33-35-36-38-40-42-44-46-48-51-54-57-60-66(69)72-63-64(62-71-65(68)59-56-53-50-15-12-9-6-3)73-67(70)61-58-55-52-49-47-45-43-41-39-37-34-31-29-27-25-23-21-19-17-14-11-8-5-2/h20,22,26,28,32-33,64H,4-19,21,23-25,27,29-31,34-63H2,1-3H3/b22-20-,28-26-,33-32-. The van der Waals surface area contributed by atoms with Crippen LogP contribution < -0.4 is 0 Å². The first kappa shape index (κ1) is 70.6. The molecule has 0 saturated heterocycles. The van der Waals surface area contributed by atoms with Crippen LogP contribution in [0, 0.1) is 0 Å². The second-order valence-electron chi connectivity index (χ2n) is 22.0. The van der Waals surface area contributed by atoms with Crippen LogP contribution in [0.25, 0.3) is 0 Å². The maximum Gasteiger partial charge on any atom is 0.306 e. The lowest BCUT2D eigenvalue weighted by Crippen LogP contribution is -2.30. The molecular weight excluding hydrogens is 901 g/mol. The molecule has 0 aromatic rings. The van der Waals surface area contributed by atoms with Crippen LogP contribution in [0.15, 0.2) is 36.5 Å². The molecule has 0 aliphatic rings. The molecule has 0 radical (unpaired) electrons. The molecule has 73 heavy (non-hydrogen) atoms. The van der Waals surface area contributed by atoms with Gasteiger partial charge in [-0.3, -0.25) is 14.4 Å². The van der Waals surface area contributed by atoms with Crippen LogP contribution in [0.1, 0.15) is 355 Å². The Balaban J connectivity index is 4.10. The topological polar surface area (TPSA) is 78.9 Å². The van der Waals surface area contributed by atoms with E-state index in [1.54, 1.807) is 0 Å². The molecule has 6 heteroatoms. The Morgan fingerprint density at radius 2 is 0.493 bits per heavy atom. The number of esters is 3. The van der Waals surface area contributed by atoms with Gasteiger partial charge in [0.15, 0.2) is 6.10 Å². The average molecular weight is 1030 g/mol. The molecule has 428 valence electrons. The van der Waals surface area contributed by atoms with Crippen molar-refractivity contribution in [2.24, 2.45) is 0 Å². The van der Waals surface area contributed by atoms with Crippen molar-refractivity contribution in [1.82, 2.24) is 0 Å². The molecule has 0 spiro atoms. The number of carbonyl (C=O) groups excluding carboxylic acids is 3. The van der Waals surface area contributed by atoms with Gasteiger partial charge >= 0.3 is 17.9 Å². The highest BCUT2D eigenvalue weighted by Crippen LogP contribution is 2.18. The van der Waals surface area contributed by atoms with Gasteiger partial charge in [-0.05, 0) is 57.8 Å². The maximum absolute atomic E-state index is 12.9. The summed E-state index contributed by atoms with van der Waals surface area (Å²) < 4.78 is 16.9. The lowest BCUT2D eigenvalue weighted by molar-refractivity contribution is -0.167. The molecule has 0 aromatic heterocycles. The molecule has 6 nitrogen and oxygen atoms in total. The van der Waals surface area contributed by atoms with Gasteiger partial charge in [-0.2, -0.15) is 0 Å². The Bertz CT molecular complexity index is 1220. The van der Waals surface area contributed by atoms with Crippen LogP contribution in [0.4, 0.5) is 0 Å². The van der Waals surface area contributed by atoms with Gasteiger partial charge in [-0.15, -0.1) is 0 Å². The predicted molar refractivity (Wildman–Crippen MR) is 316 cm³/mol. The quantitative estimate of drug-likeness (QED) is 0.0261. The first-order valence-electron chi connectivity index (χ1n) is 32.5. The molecule has 0 amide bonds. The molecule has 1 atom stereocenters. The molecular formula is C67H124O6. The number of unbranched alkanes of at least 4 members (excludes halogenated alkanes) is 43. The minimum atomic E-state index is -0.769. The van der Waals surface area contributed by atoms with Crippen LogP contribution in [-0.4, -0.2) is 37.2 Å². The Kier molecular flexibility index (Phi) is 60.2. The average Bonchev–Trinajstić information content (AvgIpc) is 3.39. The Hall–Kier alpha value is -2.37. The first-order valence-corrected chi connectivity index (χ1v) is 32.5. The van der Waals surface area contributed by atoms with Gasteiger partial charge in [0, 0.05) is 19.3 Å². The molecule has 0 rings (SSSR count). The minimum absolute atomic E-state index is 0.0690. The number of hydrogen-bond acceptors (Lipinski definition) is 6. The zero-order valence-corrected chi connectivity index (χ0v) is 49.2. The van der Waals surface area contributed by atoms with Gasteiger partial charge in [0.05, 0.1) is 0 Å². The first-order chi connectivity index (χ1) is 36.0. The Morgan fingerprint density at radius 3 is 0.767 bits per heavy atom. The monoisotopic (exact) mass is 1020 g/mol. The smallest absolute Gasteiger partial charge is 0.306 e. The second-order valence-corrected chi connectivity index (χ2v) is 22.0. The van der Waals surface area contributed by atoms with Gasteiger partial charge in [-0.1, -0.05) is 314 Å². The van der Waals surface area contributed by atoms with Crippen molar-refractivity contribution in [3.05, 3.63) is 36.5 Å². The molecule has 0 N–H and O–H groups in total. The minimum Gasteiger partial charge on any atom is -0.462 e. The van der Waals surface area contributed by atoms with Gasteiger partial charge in [0.25, 0.3) is 0 Å². The van der Waals surface area contributed by atoms with Crippen LogP contribution in [0.5, 0.6) is 0 Å². The molecule has 0 heterocycles. The van der Waals surface area contributed by atoms with Crippen LogP contribution in [-0.2, 0) is 28.6 Å². The van der Waals surface area contributed by atoms with Crippen molar-refractivity contribution < 1.29 is 28.6 Å². The summed E-state index contributed by atoms with van der Waals surface area (Å²) in [5.41, 5.74) is 0. The fourth-order valence-electron chi connectivity index (χ4n) is 9.75. The van der Waals surface area contributed by atoms with Crippen LogP contribution in [0.3, 0.4) is 0 Å². The Labute approximate surface area is 455 Å². The van der Waals surface area contributed by atoms with Crippen molar-refractivity contribution >= 4 is 17.9 Å². The summed E-state index contributed by atoms with van der Waals surface area (Å²) in [7, 11) is 0. The maximum atomic E-state index is 12.9. The third-order valence-electron chi connectivity index (χ3n) is 14.6.